The van der Waals surface area contributed by atoms with Crippen molar-refractivity contribution in [3.63, 3.8) is 0 Å². The number of para-hydroxylation sites is 1. The van der Waals surface area contributed by atoms with E-state index in [1.807, 2.05) is 30.3 Å². The molecule has 0 unspecified atom stereocenters. The van der Waals surface area contributed by atoms with Crippen molar-refractivity contribution in [1.29, 1.82) is 0 Å². The fourth-order valence-corrected chi connectivity index (χ4v) is 1.36. The Morgan fingerprint density at radius 1 is 1.33 bits per heavy atom. The van der Waals surface area contributed by atoms with Crippen LogP contribution in [0, 0.1) is 5.92 Å². The van der Waals surface area contributed by atoms with Crippen molar-refractivity contribution >= 4 is 5.96 Å². The Labute approximate surface area is 109 Å². The maximum Gasteiger partial charge on any atom is 0.188 e. The van der Waals surface area contributed by atoms with Gasteiger partial charge in [-0.3, -0.25) is 4.99 Å². The molecule has 4 heteroatoms. The molecule has 0 fully saturated rings. The molecule has 0 aliphatic heterocycles. The van der Waals surface area contributed by atoms with Crippen LogP contribution < -0.4 is 15.8 Å². The summed E-state index contributed by atoms with van der Waals surface area (Å²) in [6, 6.07) is 9.72. The Morgan fingerprint density at radius 3 is 2.72 bits per heavy atom. The molecule has 1 rings (SSSR count). The van der Waals surface area contributed by atoms with Crippen molar-refractivity contribution in [3.05, 3.63) is 30.3 Å². The number of benzene rings is 1. The van der Waals surface area contributed by atoms with Crippen LogP contribution in [-0.2, 0) is 0 Å². The molecule has 0 aliphatic rings. The zero-order valence-electron chi connectivity index (χ0n) is 11.2. The van der Waals surface area contributed by atoms with Crippen molar-refractivity contribution in [2.45, 2.75) is 20.3 Å². The van der Waals surface area contributed by atoms with E-state index < -0.39 is 0 Å². The van der Waals surface area contributed by atoms with Crippen molar-refractivity contribution in [3.8, 4) is 5.75 Å². The van der Waals surface area contributed by atoms with Crippen molar-refractivity contribution < 1.29 is 4.74 Å². The summed E-state index contributed by atoms with van der Waals surface area (Å²) in [6.45, 7) is 6.35. The van der Waals surface area contributed by atoms with E-state index in [0.29, 0.717) is 25.0 Å². The van der Waals surface area contributed by atoms with Crippen molar-refractivity contribution in [2.24, 2.45) is 16.6 Å². The molecule has 3 N–H and O–H groups in total. The monoisotopic (exact) mass is 249 g/mol. The second-order valence-electron chi connectivity index (χ2n) is 4.54. The van der Waals surface area contributed by atoms with Crippen LogP contribution in [0.15, 0.2) is 35.3 Å². The fourth-order valence-electron chi connectivity index (χ4n) is 1.36. The van der Waals surface area contributed by atoms with E-state index in [2.05, 4.69) is 24.2 Å². The van der Waals surface area contributed by atoms with Gasteiger partial charge in [-0.1, -0.05) is 32.0 Å². The topological polar surface area (TPSA) is 59.6 Å². The zero-order valence-corrected chi connectivity index (χ0v) is 11.2. The number of rotatable bonds is 7. The number of hydrogen-bond acceptors (Lipinski definition) is 2. The molecule has 0 aromatic heterocycles. The normalized spacial score (nSPS) is 11.6. The van der Waals surface area contributed by atoms with E-state index in [1.54, 1.807) is 0 Å². The highest BCUT2D eigenvalue weighted by atomic mass is 16.5. The lowest BCUT2D eigenvalue weighted by molar-refractivity contribution is 0.322. The molecular formula is C14H23N3O. The summed E-state index contributed by atoms with van der Waals surface area (Å²) < 4.78 is 5.53. The van der Waals surface area contributed by atoms with Crippen LogP contribution in [0.5, 0.6) is 5.75 Å². The minimum absolute atomic E-state index is 0.493. The Morgan fingerprint density at radius 2 is 2.06 bits per heavy atom. The maximum absolute atomic E-state index is 5.72. The predicted octanol–water partition coefficient (Wildman–Crippen LogP) is 2.02. The average molecular weight is 249 g/mol. The van der Waals surface area contributed by atoms with E-state index >= 15 is 0 Å². The van der Waals surface area contributed by atoms with Gasteiger partial charge in [-0.2, -0.15) is 0 Å². The Kier molecular flexibility index (Phi) is 6.69. The molecule has 0 aliphatic carbocycles. The number of ether oxygens (including phenoxy) is 1. The van der Waals surface area contributed by atoms with Crippen LogP contribution in [0.25, 0.3) is 0 Å². The second-order valence-corrected chi connectivity index (χ2v) is 4.54. The number of aliphatic imine (C=N–C) groups is 1. The van der Waals surface area contributed by atoms with Gasteiger partial charge in [-0.15, -0.1) is 0 Å². The van der Waals surface area contributed by atoms with Gasteiger partial charge in [0.1, 0.15) is 12.4 Å². The van der Waals surface area contributed by atoms with Crippen LogP contribution in [0.2, 0.25) is 0 Å². The lowest BCUT2D eigenvalue weighted by Crippen LogP contribution is -2.34. The van der Waals surface area contributed by atoms with Gasteiger partial charge in [0.25, 0.3) is 0 Å². The smallest absolute Gasteiger partial charge is 0.188 e. The molecule has 1 aromatic rings. The third-order valence-corrected chi connectivity index (χ3v) is 2.41. The quantitative estimate of drug-likeness (QED) is 0.441. The van der Waals surface area contributed by atoms with E-state index in [9.17, 15) is 0 Å². The van der Waals surface area contributed by atoms with Gasteiger partial charge in [0.05, 0.1) is 6.54 Å². The molecule has 0 atom stereocenters. The molecular weight excluding hydrogens is 226 g/mol. The minimum atomic E-state index is 0.493. The highest BCUT2D eigenvalue weighted by Crippen LogP contribution is 2.07. The third kappa shape index (κ3) is 6.78. The highest BCUT2D eigenvalue weighted by Gasteiger charge is 1.95. The van der Waals surface area contributed by atoms with Crippen LogP contribution in [-0.4, -0.2) is 25.7 Å². The summed E-state index contributed by atoms with van der Waals surface area (Å²) >= 11 is 0. The van der Waals surface area contributed by atoms with E-state index in [-0.39, 0.29) is 0 Å². The molecule has 0 saturated heterocycles. The van der Waals surface area contributed by atoms with Crippen LogP contribution in [0.3, 0.4) is 0 Å². The number of nitrogens with two attached hydrogens (primary N) is 1. The average Bonchev–Trinajstić information content (AvgIpc) is 2.35. The highest BCUT2D eigenvalue weighted by molar-refractivity contribution is 5.77. The molecule has 0 amide bonds. The summed E-state index contributed by atoms with van der Waals surface area (Å²) in [5.74, 6) is 2.02. The zero-order chi connectivity index (χ0) is 13.2. The first-order chi connectivity index (χ1) is 8.68. The summed E-state index contributed by atoms with van der Waals surface area (Å²) in [5, 5.41) is 3.03. The van der Waals surface area contributed by atoms with E-state index in [0.717, 1.165) is 18.7 Å². The lowest BCUT2D eigenvalue weighted by Gasteiger charge is -2.08. The molecule has 4 nitrogen and oxygen atoms in total. The van der Waals surface area contributed by atoms with Gasteiger partial charge in [0, 0.05) is 6.54 Å². The predicted molar refractivity (Wildman–Crippen MR) is 75.9 cm³/mol. The van der Waals surface area contributed by atoms with Crippen LogP contribution in [0.1, 0.15) is 20.3 Å². The van der Waals surface area contributed by atoms with Gasteiger partial charge in [-0.25, -0.2) is 0 Å². The first-order valence-corrected chi connectivity index (χ1v) is 6.40. The third-order valence-electron chi connectivity index (χ3n) is 2.41. The number of nitrogens with zero attached hydrogens (tertiary/aromatic N) is 1. The fraction of sp³-hybridized carbons (Fsp3) is 0.500. The summed E-state index contributed by atoms with van der Waals surface area (Å²) in [6.07, 6.45) is 1.06. The standard InChI is InChI=1S/C14H23N3O/c1-12(2)8-9-16-14(15)17-10-11-18-13-6-4-3-5-7-13/h3-7,12H,8-11H2,1-2H3,(H3,15,16,17). The van der Waals surface area contributed by atoms with Crippen molar-refractivity contribution in [2.75, 3.05) is 19.7 Å². The van der Waals surface area contributed by atoms with Gasteiger partial charge < -0.3 is 15.8 Å². The van der Waals surface area contributed by atoms with Crippen LogP contribution >= 0.6 is 0 Å². The summed E-state index contributed by atoms with van der Waals surface area (Å²) in [4.78, 5) is 4.24. The van der Waals surface area contributed by atoms with Gasteiger partial charge in [-0.05, 0) is 24.5 Å². The molecule has 1 aromatic carbocycles. The Balaban J connectivity index is 2.10. The second kappa shape index (κ2) is 8.39. The molecule has 0 spiro atoms. The Bertz CT molecular complexity index is 349. The molecule has 100 valence electrons. The molecule has 0 radical (unpaired) electrons. The largest absolute Gasteiger partial charge is 0.492 e. The molecule has 18 heavy (non-hydrogen) atoms. The van der Waals surface area contributed by atoms with Crippen molar-refractivity contribution in [1.82, 2.24) is 5.32 Å². The first-order valence-electron chi connectivity index (χ1n) is 6.40. The summed E-state index contributed by atoms with van der Waals surface area (Å²) in [5.41, 5.74) is 5.72. The Hall–Kier alpha value is -1.71. The number of nitrogens with one attached hydrogen (secondary N) is 1. The van der Waals surface area contributed by atoms with Crippen LogP contribution in [0.4, 0.5) is 0 Å². The minimum Gasteiger partial charge on any atom is -0.492 e. The van der Waals surface area contributed by atoms with Gasteiger partial charge in [0.2, 0.25) is 0 Å². The maximum atomic E-state index is 5.72. The van der Waals surface area contributed by atoms with E-state index in [1.165, 1.54) is 0 Å². The molecule has 0 bridgehead atoms. The van der Waals surface area contributed by atoms with Gasteiger partial charge >= 0.3 is 0 Å². The molecule has 0 saturated carbocycles. The molecule has 0 heterocycles. The SMILES string of the molecule is CC(C)CCN=C(N)NCCOc1ccccc1. The number of guanidine groups is 1. The van der Waals surface area contributed by atoms with Gasteiger partial charge in [0.15, 0.2) is 5.96 Å². The summed E-state index contributed by atoms with van der Waals surface area (Å²) in [7, 11) is 0. The first kappa shape index (κ1) is 14.4. The number of hydrogen-bond donors (Lipinski definition) is 2. The van der Waals surface area contributed by atoms with E-state index in [4.69, 9.17) is 10.5 Å². The lowest BCUT2D eigenvalue weighted by atomic mass is 10.1.